The lowest BCUT2D eigenvalue weighted by Gasteiger charge is -2.20. The largest absolute Gasteiger partial charge is 0.493 e. The fourth-order valence-electron chi connectivity index (χ4n) is 7.38. The molecule has 240 valence electrons. The summed E-state index contributed by atoms with van der Waals surface area (Å²) in [6.45, 7) is 8.60. The van der Waals surface area contributed by atoms with Crippen LogP contribution in [-0.4, -0.2) is 40.8 Å². The third-order valence-electron chi connectivity index (χ3n) is 10.1. The molecule has 5 aromatic carbocycles. The van der Waals surface area contributed by atoms with Crippen LogP contribution in [0.3, 0.4) is 0 Å². The van der Waals surface area contributed by atoms with E-state index in [1.807, 2.05) is 30.2 Å². The summed E-state index contributed by atoms with van der Waals surface area (Å²) in [6.07, 6.45) is 5.86. The predicted molar refractivity (Wildman–Crippen MR) is 198 cm³/mol. The van der Waals surface area contributed by atoms with Crippen molar-refractivity contribution in [3.05, 3.63) is 119 Å². The minimum absolute atomic E-state index is 0.0859. The number of carbonyl (C=O) groups excluding carboxylic acids is 1. The van der Waals surface area contributed by atoms with Gasteiger partial charge in [-0.25, -0.2) is 0 Å². The molecule has 2 aliphatic heterocycles. The van der Waals surface area contributed by atoms with Crippen molar-refractivity contribution in [3.63, 3.8) is 0 Å². The van der Waals surface area contributed by atoms with E-state index < -0.39 is 0 Å². The van der Waals surface area contributed by atoms with E-state index >= 15 is 0 Å². The molecular formula is C43H41N3O2. The maximum atomic E-state index is 13.2. The fraction of sp³-hybridized carbons (Fsp3) is 0.256. The maximum Gasteiger partial charge on any atom is 0.256 e. The van der Waals surface area contributed by atoms with Crippen molar-refractivity contribution in [1.29, 1.82) is 0 Å². The van der Waals surface area contributed by atoms with Gasteiger partial charge >= 0.3 is 0 Å². The lowest BCUT2D eigenvalue weighted by Crippen LogP contribution is -2.35. The molecule has 5 heteroatoms. The van der Waals surface area contributed by atoms with Crippen molar-refractivity contribution in [2.75, 3.05) is 13.2 Å². The molecule has 0 unspecified atom stereocenters. The molecule has 2 aliphatic rings. The molecule has 1 atom stereocenters. The fourth-order valence-corrected chi connectivity index (χ4v) is 7.38. The predicted octanol–water partition coefficient (Wildman–Crippen LogP) is 10.2. The van der Waals surface area contributed by atoms with Crippen LogP contribution >= 0.6 is 0 Å². The van der Waals surface area contributed by atoms with Gasteiger partial charge in [-0.15, -0.1) is 0 Å². The van der Waals surface area contributed by atoms with Gasteiger partial charge in [0.25, 0.3) is 5.91 Å². The van der Waals surface area contributed by atoms with Crippen LogP contribution in [-0.2, 0) is 6.54 Å². The Kier molecular flexibility index (Phi) is 7.84. The van der Waals surface area contributed by atoms with Crippen molar-refractivity contribution < 1.29 is 9.53 Å². The van der Waals surface area contributed by atoms with Crippen molar-refractivity contribution in [3.8, 4) is 28.0 Å². The van der Waals surface area contributed by atoms with E-state index in [-0.39, 0.29) is 11.9 Å². The number of unbranched alkanes of at least 4 members (excludes halogenated alkanes) is 1. The number of aliphatic imine (C=N–C) groups is 1. The van der Waals surface area contributed by atoms with Crippen molar-refractivity contribution in [2.24, 2.45) is 4.99 Å². The topological polar surface area (TPSA) is 46.8 Å². The van der Waals surface area contributed by atoms with Gasteiger partial charge in [0.05, 0.1) is 23.9 Å². The molecule has 8 rings (SSSR count). The van der Waals surface area contributed by atoms with Crippen molar-refractivity contribution >= 4 is 39.6 Å². The first-order valence-electron chi connectivity index (χ1n) is 17.3. The standard InChI is InChI=1S/C43H41N3O2/c1-28-8-12-31(13-9-28)33-16-18-40-36(24-33)37-25-34(32-14-10-29(2)11-15-32)17-19-41(37)46(40)20-4-5-22-48-42-26-39-38(23-30(42)3)43(47)45-21-6-7-35(45)27-44-39/h8-19,23-27,35H,4-7,20-22H2,1-3H3/t35-/m0/s1. The highest BCUT2D eigenvalue weighted by Gasteiger charge is 2.32. The molecule has 48 heavy (non-hydrogen) atoms. The van der Waals surface area contributed by atoms with Crippen LogP contribution in [0.4, 0.5) is 5.69 Å². The minimum atomic E-state index is 0.0859. The SMILES string of the molecule is Cc1ccc(-c2ccc3c(c2)c2cc(-c4ccc(C)cc4)ccc2n3CCCCOc2cc3c(cc2C)C(=O)N2CCC[C@H]2C=N3)cc1. The van der Waals surface area contributed by atoms with Crippen molar-refractivity contribution in [2.45, 2.75) is 59.0 Å². The molecular weight excluding hydrogens is 590 g/mol. The van der Waals surface area contributed by atoms with Crippen LogP contribution in [0.15, 0.2) is 102 Å². The molecule has 0 aliphatic carbocycles. The zero-order valence-corrected chi connectivity index (χ0v) is 28.0. The van der Waals surface area contributed by atoms with Gasteiger partial charge in [-0.1, -0.05) is 71.8 Å². The lowest BCUT2D eigenvalue weighted by molar-refractivity contribution is 0.0774. The first-order valence-corrected chi connectivity index (χ1v) is 17.3. The van der Waals surface area contributed by atoms with Gasteiger partial charge in [0.1, 0.15) is 5.75 Å². The van der Waals surface area contributed by atoms with Gasteiger partial charge in [-0.05, 0) is 105 Å². The number of aromatic nitrogens is 1. The van der Waals surface area contributed by atoms with Crippen LogP contribution in [0.25, 0.3) is 44.1 Å². The zero-order chi connectivity index (χ0) is 32.8. The first kappa shape index (κ1) is 30.2. The summed E-state index contributed by atoms with van der Waals surface area (Å²) in [5, 5.41) is 2.56. The summed E-state index contributed by atoms with van der Waals surface area (Å²) in [5.74, 6) is 0.896. The molecule has 5 nitrogen and oxygen atoms in total. The first-order chi connectivity index (χ1) is 23.4. The van der Waals surface area contributed by atoms with Gasteiger partial charge in [-0.3, -0.25) is 9.79 Å². The second-order valence-electron chi connectivity index (χ2n) is 13.5. The minimum Gasteiger partial charge on any atom is -0.493 e. The van der Waals surface area contributed by atoms with E-state index in [1.165, 1.54) is 55.2 Å². The normalized spacial score (nSPS) is 15.6. The Morgan fingerprint density at radius 1 is 0.729 bits per heavy atom. The number of hydrogen-bond acceptors (Lipinski definition) is 3. The highest BCUT2D eigenvalue weighted by Crippen LogP contribution is 2.37. The number of benzene rings is 5. The third-order valence-corrected chi connectivity index (χ3v) is 10.1. The smallest absolute Gasteiger partial charge is 0.256 e. The summed E-state index contributed by atoms with van der Waals surface area (Å²) in [5.41, 5.74) is 12.4. The molecule has 3 heterocycles. The number of ether oxygens (including phenoxy) is 1. The molecule has 6 aromatic rings. The van der Waals surface area contributed by atoms with Crippen molar-refractivity contribution in [1.82, 2.24) is 9.47 Å². The quantitative estimate of drug-likeness (QED) is 0.157. The summed E-state index contributed by atoms with van der Waals surface area (Å²) in [6, 6.07) is 35.4. The summed E-state index contributed by atoms with van der Waals surface area (Å²) in [4.78, 5) is 19.8. The van der Waals surface area contributed by atoms with Gasteiger partial charge in [-0.2, -0.15) is 0 Å². The zero-order valence-electron chi connectivity index (χ0n) is 28.0. The van der Waals surface area contributed by atoms with E-state index in [9.17, 15) is 4.79 Å². The number of nitrogens with zero attached hydrogens (tertiary/aromatic N) is 3. The Balaban J connectivity index is 1.04. The lowest BCUT2D eigenvalue weighted by atomic mass is 9.99. The van der Waals surface area contributed by atoms with Crippen LogP contribution in [0.2, 0.25) is 0 Å². The van der Waals surface area contributed by atoms with Gasteiger partial charge in [0.2, 0.25) is 0 Å². The number of hydrogen-bond donors (Lipinski definition) is 0. The van der Waals surface area contributed by atoms with E-state index in [0.717, 1.165) is 55.8 Å². The monoisotopic (exact) mass is 631 g/mol. The summed E-state index contributed by atoms with van der Waals surface area (Å²) >= 11 is 0. The molecule has 0 bridgehead atoms. The Morgan fingerprint density at radius 3 is 1.96 bits per heavy atom. The molecule has 1 fully saturated rings. The maximum absolute atomic E-state index is 13.2. The number of carbonyl (C=O) groups is 1. The number of aryl methyl sites for hydroxylation is 4. The Bertz CT molecular complexity index is 2090. The Morgan fingerprint density at radius 2 is 1.33 bits per heavy atom. The van der Waals surface area contributed by atoms with Crippen LogP contribution in [0.5, 0.6) is 5.75 Å². The average Bonchev–Trinajstić information content (AvgIpc) is 3.67. The second kappa shape index (κ2) is 12.5. The molecule has 0 radical (unpaired) electrons. The molecule has 1 saturated heterocycles. The second-order valence-corrected chi connectivity index (χ2v) is 13.5. The molecule has 1 amide bonds. The number of rotatable bonds is 8. The van der Waals surface area contributed by atoms with Gasteiger partial charge in [0, 0.05) is 47.2 Å². The molecule has 1 aromatic heterocycles. The summed E-state index contributed by atoms with van der Waals surface area (Å²) < 4.78 is 8.78. The number of fused-ring (bicyclic) bond motifs is 5. The van der Waals surface area contributed by atoms with Gasteiger partial charge in [0.15, 0.2) is 0 Å². The van der Waals surface area contributed by atoms with Crippen LogP contribution in [0, 0.1) is 20.8 Å². The van der Waals surface area contributed by atoms with E-state index in [0.29, 0.717) is 12.2 Å². The van der Waals surface area contributed by atoms with E-state index in [4.69, 9.17) is 9.73 Å². The Labute approximate surface area is 282 Å². The number of amides is 1. The Hall–Kier alpha value is -5.16. The van der Waals surface area contributed by atoms with E-state index in [1.54, 1.807) is 0 Å². The van der Waals surface area contributed by atoms with Crippen LogP contribution < -0.4 is 4.74 Å². The molecule has 0 saturated carbocycles. The molecule has 0 N–H and O–H groups in total. The van der Waals surface area contributed by atoms with Gasteiger partial charge < -0.3 is 14.2 Å². The van der Waals surface area contributed by atoms with Crippen LogP contribution in [0.1, 0.15) is 52.7 Å². The molecule has 0 spiro atoms. The third kappa shape index (κ3) is 5.57. The average molecular weight is 632 g/mol. The van der Waals surface area contributed by atoms with E-state index in [2.05, 4.69) is 103 Å². The highest BCUT2D eigenvalue weighted by molar-refractivity contribution is 6.10. The summed E-state index contributed by atoms with van der Waals surface area (Å²) in [7, 11) is 0. The highest BCUT2D eigenvalue weighted by atomic mass is 16.5.